The maximum Gasteiger partial charge on any atom is 0.472 e. The first-order valence-electron chi connectivity index (χ1n) is 20.4. The molecule has 9 nitrogen and oxygen atoms in total. The monoisotopic (exact) mass is 733 g/mol. The minimum Gasteiger partial charge on any atom is -0.462 e. The molecule has 0 bridgehead atoms. The molecule has 0 aliphatic carbocycles. The second kappa shape index (κ2) is 33.6. The molecule has 10 heteroatoms. The van der Waals surface area contributed by atoms with Crippen LogP contribution in [0.4, 0.5) is 0 Å². The molecule has 0 radical (unpaired) electrons. The fourth-order valence-corrected chi connectivity index (χ4v) is 6.28. The number of phosphoric ester groups is 1. The highest BCUT2D eigenvalue weighted by atomic mass is 31.2. The minimum atomic E-state index is -4.36. The van der Waals surface area contributed by atoms with Crippen LogP contribution < -0.4 is 0 Å². The van der Waals surface area contributed by atoms with Gasteiger partial charge in [-0.25, -0.2) is 4.57 Å². The number of likely N-dealkylation sites (N-methyl/N-ethyl adjacent to an activating group) is 1. The van der Waals surface area contributed by atoms with Crippen LogP contribution in [-0.4, -0.2) is 74.9 Å². The molecule has 2 atom stereocenters. The molecule has 296 valence electrons. The second-order valence-electron chi connectivity index (χ2n) is 15.0. The van der Waals surface area contributed by atoms with Gasteiger partial charge in [-0.1, -0.05) is 142 Å². The number of phosphoric acid groups is 1. The number of hydrogen-bond acceptors (Lipinski definition) is 7. The number of rotatable bonds is 37. The summed E-state index contributed by atoms with van der Waals surface area (Å²) in [7, 11) is 1.48. The lowest BCUT2D eigenvalue weighted by atomic mass is 10.1. The summed E-state index contributed by atoms with van der Waals surface area (Å²) in [6.45, 7) is 4.40. The van der Waals surface area contributed by atoms with Gasteiger partial charge in [0.15, 0.2) is 6.10 Å². The first-order valence-corrected chi connectivity index (χ1v) is 21.9. The van der Waals surface area contributed by atoms with Crippen molar-refractivity contribution in [3.05, 3.63) is 12.2 Å². The van der Waals surface area contributed by atoms with E-state index in [1.807, 2.05) is 21.1 Å². The number of esters is 2. The van der Waals surface area contributed by atoms with Crippen molar-refractivity contribution < 1.29 is 42.1 Å². The van der Waals surface area contributed by atoms with Crippen LogP contribution >= 0.6 is 7.82 Å². The predicted molar refractivity (Wildman–Crippen MR) is 206 cm³/mol. The topological polar surface area (TPSA) is 108 Å². The summed E-state index contributed by atoms with van der Waals surface area (Å²) in [5.41, 5.74) is 0. The van der Waals surface area contributed by atoms with E-state index in [4.69, 9.17) is 18.5 Å². The highest BCUT2D eigenvalue weighted by Gasteiger charge is 2.27. The molecule has 1 N–H and O–H groups in total. The van der Waals surface area contributed by atoms with Gasteiger partial charge in [0, 0.05) is 12.8 Å². The van der Waals surface area contributed by atoms with Gasteiger partial charge in [-0.2, -0.15) is 0 Å². The Morgan fingerprint density at radius 3 is 1.50 bits per heavy atom. The van der Waals surface area contributed by atoms with E-state index in [1.165, 1.54) is 116 Å². The van der Waals surface area contributed by atoms with Gasteiger partial charge in [0.05, 0.1) is 27.7 Å². The maximum absolute atomic E-state index is 12.6. The second-order valence-corrected chi connectivity index (χ2v) is 16.5. The number of ether oxygens (including phenoxy) is 2. The van der Waals surface area contributed by atoms with Crippen molar-refractivity contribution in [2.45, 2.75) is 187 Å². The average Bonchev–Trinajstić information content (AvgIpc) is 3.06. The predicted octanol–water partition coefficient (Wildman–Crippen LogP) is 11.0. The Morgan fingerprint density at radius 2 is 1.02 bits per heavy atom. The third-order valence-corrected chi connectivity index (χ3v) is 9.78. The number of quaternary nitrogens is 1. The number of unbranched alkanes of at least 4 members (excludes halogenated alkanes) is 21. The molecular formula is C40H79NO8P+. The molecular weight excluding hydrogens is 653 g/mol. The maximum atomic E-state index is 12.6. The van der Waals surface area contributed by atoms with Gasteiger partial charge in [0.1, 0.15) is 19.8 Å². The number of hydrogen-bond donors (Lipinski definition) is 1. The van der Waals surface area contributed by atoms with Crippen LogP contribution in [-0.2, 0) is 32.7 Å². The molecule has 50 heavy (non-hydrogen) atoms. The lowest BCUT2D eigenvalue weighted by Gasteiger charge is -2.24. The van der Waals surface area contributed by atoms with Crippen molar-refractivity contribution in [3.8, 4) is 0 Å². The molecule has 0 amide bonds. The molecule has 0 saturated heterocycles. The van der Waals surface area contributed by atoms with Crippen molar-refractivity contribution in [3.63, 3.8) is 0 Å². The van der Waals surface area contributed by atoms with Gasteiger partial charge in [0.25, 0.3) is 0 Å². The Bertz CT molecular complexity index is 876. The molecule has 0 aliphatic rings. The van der Waals surface area contributed by atoms with Crippen molar-refractivity contribution in [1.29, 1.82) is 0 Å². The van der Waals surface area contributed by atoms with Crippen LogP contribution in [0.1, 0.15) is 181 Å². The van der Waals surface area contributed by atoms with E-state index in [0.29, 0.717) is 17.4 Å². The number of nitrogens with zero attached hydrogens (tertiary/aromatic N) is 1. The lowest BCUT2D eigenvalue weighted by Crippen LogP contribution is -2.37. The average molecular weight is 733 g/mol. The Kier molecular flexibility index (Phi) is 32.7. The Balaban J connectivity index is 4.37. The summed E-state index contributed by atoms with van der Waals surface area (Å²) in [4.78, 5) is 35.2. The van der Waals surface area contributed by atoms with Gasteiger partial charge in [-0.05, 0) is 38.5 Å². The van der Waals surface area contributed by atoms with E-state index < -0.39 is 26.5 Å². The Morgan fingerprint density at radius 1 is 0.600 bits per heavy atom. The molecule has 0 heterocycles. The fraction of sp³-hybridized carbons (Fsp3) is 0.900. The first kappa shape index (κ1) is 48.8. The van der Waals surface area contributed by atoms with Crippen molar-refractivity contribution >= 4 is 19.8 Å². The minimum absolute atomic E-state index is 0.0339. The van der Waals surface area contributed by atoms with Crippen molar-refractivity contribution in [2.24, 2.45) is 0 Å². The molecule has 0 saturated carbocycles. The largest absolute Gasteiger partial charge is 0.472 e. The molecule has 0 rings (SSSR count). The molecule has 0 aliphatic heterocycles. The van der Waals surface area contributed by atoms with E-state index in [9.17, 15) is 19.0 Å². The lowest BCUT2D eigenvalue weighted by molar-refractivity contribution is -0.870. The Labute approximate surface area is 307 Å². The molecule has 0 fully saturated rings. The SMILES string of the molecule is CCCCCC/C=C/CCCCCCCCCC(=O)OC[C@H](COP(=O)(O)OCC[N+](C)(C)C)OC(=O)CCCCCCCCCCCCC. The van der Waals surface area contributed by atoms with Gasteiger partial charge in [-0.15, -0.1) is 0 Å². The standard InChI is InChI=1S/C40H78NO8P/c1-6-8-10-12-14-16-18-19-20-21-23-24-26-28-30-32-39(42)46-36-38(37-48-50(44,45)47-35-34-41(3,4)5)49-40(43)33-31-29-27-25-22-17-15-13-11-9-7-2/h16,18,38H,6-15,17,19-37H2,1-5H3/p+1/b18-16+/t38-/m1/s1. The van der Waals surface area contributed by atoms with Gasteiger partial charge < -0.3 is 18.9 Å². The van der Waals surface area contributed by atoms with Crippen LogP contribution in [0.5, 0.6) is 0 Å². The van der Waals surface area contributed by atoms with Crippen LogP contribution in [0.25, 0.3) is 0 Å². The summed E-state index contributed by atoms with van der Waals surface area (Å²) in [5.74, 6) is -0.799. The summed E-state index contributed by atoms with van der Waals surface area (Å²) in [6, 6.07) is 0. The smallest absolute Gasteiger partial charge is 0.462 e. The van der Waals surface area contributed by atoms with E-state index in [-0.39, 0.29) is 32.0 Å². The van der Waals surface area contributed by atoms with E-state index in [1.54, 1.807) is 0 Å². The highest BCUT2D eigenvalue weighted by molar-refractivity contribution is 7.47. The van der Waals surface area contributed by atoms with Crippen molar-refractivity contribution in [2.75, 3.05) is 47.5 Å². The summed E-state index contributed by atoms with van der Waals surface area (Å²) in [6.07, 6.45) is 32.5. The third kappa shape index (κ3) is 36.5. The molecule has 0 aromatic carbocycles. The van der Waals surface area contributed by atoms with Crippen LogP contribution in [0, 0.1) is 0 Å². The zero-order valence-corrected chi connectivity index (χ0v) is 34.0. The van der Waals surface area contributed by atoms with E-state index in [2.05, 4.69) is 26.0 Å². The number of allylic oxidation sites excluding steroid dienone is 2. The Hall–Kier alpha value is -1.25. The van der Waals surface area contributed by atoms with Gasteiger partial charge >= 0.3 is 19.8 Å². The normalized spacial score (nSPS) is 13.8. The van der Waals surface area contributed by atoms with Crippen LogP contribution in [0.2, 0.25) is 0 Å². The van der Waals surface area contributed by atoms with E-state index in [0.717, 1.165) is 32.1 Å². The molecule has 0 aromatic heterocycles. The summed E-state index contributed by atoms with van der Waals surface area (Å²) < 4.78 is 34.2. The molecule has 0 aromatic rings. The number of carbonyl (C=O) groups excluding carboxylic acids is 2. The van der Waals surface area contributed by atoms with Crippen LogP contribution in [0.3, 0.4) is 0 Å². The summed E-state index contributed by atoms with van der Waals surface area (Å²) >= 11 is 0. The zero-order valence-electron chi connectivity index (χ0n) is 33.1. The molecule has 0 spiro atoms. The van der Waals surface area contributed by atoms with Crippen LogP contribution in [0.15, 0.2) is 12.2 Å². The summed E-state index contributed by atoms with van der Waals surface area (Å²) in [5, 5.41) is 0. The van der Waals surface area contributed by atoms with Gasteiger partial charge in [-0.3, -0.25) is 18.6 Å². The number of carbonyl (C=O) groups is 2. The quantitative estimate of drug-likeness (QED) is 0.0221. The third-order valence-electron chi connectivity index (χ3n) is 8.80. The van der Waals surface area contributed by atoms with Crippen molar-refractivity contribution in [1.82, 2.24) is 0 Å². The molecule has 1 unspecified atom stereocenters. The van der Waals surface area contributed by atoms with Gasteiger partial charge in [0.2, 0.25) is 0 Å². The van der Waals surface area contributed by atoms with E-state index >= 15 is 0 Å². The fourth-order valence-electron chi connectivity index (χ4n) is 5.54. The zero-order chi connectivity index (χ0) is 37.2. The first-order chi connectivity index (χ1) is 24.0. The highest BCUT2D eigenvalue weighted by Crippen LogP contribution is 2.43.